The predicted molar refractivity (Wildman–Crippen MR) is 133 cm³/mol. The summed E-state index contributed by atoms with van der Waals surface area (Å²) in [4.78, 5) is 12.3. The molecule has 0 spiro atoms. The van der Waals surface area contributed by atoms with E-state index in [0.717, 1.165) is 18.1 Å². The van der Waals surface area contributed by atoms with Gasteiger partial charge in [0.2, 0.25) is 16.0 Å². The Morgan fingerprint density at radius 2 is 1.78 bits per heavy atom. The monoisotopic (exact) mass is 533 g/mol. The lowest BCUT2D eigenvalue weighted by molar-refractivity contribution is 0.391. The van der Waals surface area contributed by atoms with Crippen molar-refractivity contribution in [1.29, 1.82) is 0 Å². The summed E-state index contributed by atoms with van der Waals surface area (Å²) >= 11 is 1.37. The molecule has 0 saturated carbocycles. The van der Waals surface area contributed by atoms with Gasteiger partial charge in [0.25, 0.3) is 0 Å². The highest BCUT2D eigenvalue weighted by atomic mass is 32.2. The van der Waals surface area contributed by atoms with E-state index in [-0.39, 0.29) is 29.9 Å². The number of hydrogen-bond acceptors (Lipinski definition) is 10. The lowest BCUT2D eigenvalue weighted by Crippen LogP contribution is -2.21. The second-order valence-electron chi connectivity index (χ2n) is 7.91. The second kappa shape index (κ2) is 10.5. The van der Waals surface area contributed by atoms with Gasteiger partial charge in [0, 0.05) is 11.8 Å². The van der Waals surface area contributed by atoms with Crippen molar-refractivity contribution in [3.8, 4) is 28.0 Å². The van der Waals surface area contributed by atoms with Crippen LogP contribution in [0.2, 0.25) is 0 Å². The van der Waals surface area contributed by atoms with Crippen LogP contribution >= 0.6 is 11.3 Å². The van der Waals surface area contributed by atoms with Gasteiger partial charge in [-0.3, -0.25) is 9.29 Å². The molecule has 0 fully saturated rings. The van der Waals surface area contributed by atoms with Gasteiger partial charge in [-0.1, -0.05) is 19.9 Å². The van der Waals surface area contributed by atoms with Crippen molar-refractivity contribution in [3.63, 3.8) is 0 Å². The summed E-state index contributed by atoms with van der Waals surface area (Å²) in [5, 5.41) is 10.8. The van der Waals surface area contributed by atoms with Gasteiger partial charge >= 0.3 is 0 Å². The zero-order valence-electron chi connectivity index (χ0n) is 20.0. The Kier molecular flexibility index (Phi) is 7.45. The van der Waals surface area contributed by atoms with E-state index in [9.17, 15) is 12.8 Å². The van der Waals surface area contributed by atoms with Crippen molar-refractivity contribution in [3.05, 3.63) is 53.3 Å². The van der Waals surface area contributed by atoms with Gasteiger partial charge in [-0.15, -0.1) is 21.5 Å². The Morgan fingerprint density at radius 1 is 1.11 bits per heavy atom. The molecule has 0 aliphatic heterocycles. The van der Waals surface area contributed by atoms with E-state index in [2.05, 4.69) is 29.9 Å². The van der Waals surface area contributed by atoms with E-state index in [4.69, 9.17) is 9.47 Å². The summed E-state index contributed by atoms with van der Waals surface area (Å²) in [6.07, 6.45) is 1.94. The van der Waals surface area contributed by atoms with Crippen LogP contribution in [0, 0.1) is 5.82 Å². The average molecular weight is 534 g/mol. The highest BCUT2D eigenvalue weighted by molar-refractivity contribution is 7.92. The molecule has 36 heavy (non-hydrogen) atoms. The molecule has 1 N–H and O–H groups in total. The SMILES string of the molecule is COc1cccc(OC)c1-n1c(NS(=O)(=O)CCc2ncc(F)cn2)nnc1-c1nc(C(C)C)cs1. The van der Waals surface area contributed by atoms with Crippen LogP contribution < -0.4 is 14.2 Å². The van der Waals surface area contributed by atoms with Gasteiger partial charge in [-0.2, -0.15) is 0 Å². The molecule has 0 aliphatic carbocycles. The van der Waals surface area contributed by atoms with Crippen LogP contribution in [0.1, 0.15) is 31.3 Å². The molecule has 14 heteroatoms. The lowest BCUT2D eigenvalue weighted by atomic mass is 10.2. The van der Waals surface area contributed by atoms with E-state index < -0.39 is 15.8 Å². The maximum atomic E-state index is 13.1. The number of benzene rings is 1. The summed E-state index contributed by atoms with van der Waals surface area (Å²) in [6, 6.07) is 5.18. The molecule has 0 aliphatic rings. The van der Waals surface area contributed by atoms with Crippen molar-refractivity contribution in [2.75, 3.05) is 24.7 Å². The number of halogens is 1. The Bertz CT molecular complexity index is 1430. The fourth-order valence-electron chi connectivity index (χ4n) is 3.29. The normalized spacial score (nSPS) is 11.6. The summed E-state index contributed by atoms with van der Waals surface area (Å²) in [7, 11) is -0.945. The van der Waals surface area contributed by atoms with Crippen molar-refractivity contribution in [2.24, 2.45) is 0 Å². The average Bonchev–Trinajstić information content (AvgIpc) is 3.50. The molecule has 11 nitrogen and oxygen atoms in total. The van der Waals surface area contributed by atoms with E-state index in [0.29, 0.717) is 28.0 Å². The number of aryl methyl sites for hydroxylation is 1. The van der Waals surface area contributed by atoms with Gasteiger partial charge in [-0.05, 0) is 18.1 Å². The van der Waals surface area contributed by atoms with E-state index >= 15 is 0 Å². The minimum atomic E-state index is -3.94. The summed E-state index contributed by atoms with van der Waals surface area (Å²) < 4.78 is 54.1. The molecule has 190 valence electrons. The number of methoxy groups -OCH3 is 2. The zero-order valence-corrected chi connectivity index (χ0v) is 21.6. The first kappa shape index (κ1) is 25.4. The zero-order chi connectivity index (χ0) is 25.9. The summed E-state index contributed by atoms with van der Waals surface area (Å²) in [6.45, 7) is 4.05. The molecular weight excluding hydrogens is 509 g/mol. The van der Waals surface area contributed by atoms with Crippen molar-refractivity contribution < 1.29 is 22.3 Å². The van der Waals surface area contributed by atoms with Crippen LogP contribution in [-0.4, -0.2) is 58.1 Å². The van der Waals surface area contributed by atoms with E-state index in [1.165, 1.54) is 30.1 Å². The number of thiazole rings is 1. The largest absolute Gasteiger partial charge is 0.494 e. The van der Waals surface area contributed by atoms with Crippen LogP contribution in [0.25, 0.3) is 16.5 Å². The minimum absolute atomic E-state index is 0.0290. The van der Waals surface area contributed by atoms with E-state index in [1.807, 2.05) is 19.2 Å². The van der Waals surface area contributed by atoms with E-state index in [1.54, 1.807) is 18.2 Å². The first-order valence-corrected chi connectivity index (χ1v) is 13.3. The third kappa shape index (κ3) is 5.44. The number of nitrogens with zero attached hydrogens (tertiary/aromatic N) is 6. The van der Waals surface area contributed by atoms with Crippen LogP contribution in [0.15, 0.2) is 36.0 Å². The van der Waals surface area contributed by atoms with Crippen molar-refractivity contribution >= 4 is 27.3 Å². The molecule has 3 heterocycles. The van der Waals surface area contributed by atoms with Gasteiger partial charge < -0.3 is 9.47 Å². The number of aromatic nitrogens is 6. The van der Waals surface area contributed by atoms with Crippen LogP contribution in [-0.2, 0) is 16.4 Å². The molecular formula is C22H24FN7O4S2. The van der Waals surface area contributed by atoms with Crippen LogP contribution in [0.3, 0.4) is 0 Å². The molecule has 3 aromatic heterocycles. The minimum Gasteiger partial charge on any atom is -0.494 e. The molecule has 0 radical (unpaired) electrons. The molecule has 1 aromatic carbocycles. The van der Waals surface area contributed by atoms with Crippen molar-refractivity contribution in [2.45, 2.75) is 26.2 Å². The highest BCUT2D eigenvalue weighted by Crippen LogP contribution is 2.38. The third-order valence-electron chi connectivity index (χ3n) is 5.11. The summed E-state index contributed by atoms with van der Waals surface area (Å²) in [5.41, 5.74) is 1.28. The molecule has 0 saturated heterocycles. The molecule has 4 rings (SSSR count). The van der Waals surface area contributed by atoms with Gasteiger partial charge in [0.15, 0.2) is 16.6 Å². The smallest absolute Gasteiger partial charge is 0.243 e. The standard InChI is InChI=1S/C22H24FN7O4S2/c1-13(2)15-12-35-21(26-15)20-27-28-22(30(20)19-16(33-3)6-5-7-17(19)34-4)29-36(31,32)9-8-18-24-10-14(23)11-25-18/h5-7,10-13H,8-9H2,1-4H3,(H,28,29). The van der Waals surface area contributed by atoms with Crippen LogP contribution in [0.5, 0.6) is 11.5 Å². The van der Waals surface area contributed by atoms with Gasteiger partial charge in [0.05, 0.1) is 38.1 Å². The Balaban J connectivity index is 1.77. The number of ether oxygens (including phenoxy) is 2. The Labute approximate surface area is 211 Å². The lowest BCUT2D eigenvalue weighted by Gasteiger charge is -2.17. The first-order chi connectivity index (χ1) is 17.2. The molecule has 0 unspecified atom stereocenters. The van der Waals surface area contributed by atoms with Crippen molar-refractivity contribution in [1.82, 2.24) is 29.7 Å². The quantitative estimate of drug-likeness (QED) is 0.325. The number of para-hydroxylation sites is 1. The van der Waals surface area contributed by atoms with Gasteiger partial charge in [0.1, 0.15) is 23.0 Å². The number of nitrogens with one attached hydrogen (secondary N) is 1. The van der Waals surface area contributed by atoms with Crippen LogP contribution in [0.4, 0.5) is 10.3 Å². The molecule has 0 atom stereocenters. The topological polar surface area (TPSA) is 134 Å². The predicted octanol–water partition coefficient (Wildman–Crippen LogP) is 3.44. The Hall–Kier alpha value is -3.65. The summed E-state index contributed by atoms with van der Waals surface area (Å²) in [5.74, 6) is 0.487. The molecule has 4 aromatic rings. The fraction of sp³-hybridized carbons (Fsp3) is 0.318. The fourth-order valence-corrected chi connectivity index (χ4v) is 5.21. The molecule has 0 bridgehead atoms. The maximum absolute atomic E-state index is 13.1. The first-order valence-electron chi connectivity index (χ1n) is 10.8. The molecule has 0 amide bonds. The Morgan fingerprint density at radius 3 is 2.36 bits per heavy atom. The third-order valence-corrected chi connectivity index (χ3v) is 7.20. The highest BCUT2D eigenvalue weighted by Gasteiger charge is 2.26. The number of hydrogen-bond donors (Lipinski definition) is 1. The maximum Gasteiger partial charge on any atom is 0.243 e. The number of anilines is 1. The number of rotatable bonds is 10. The van der Waals surface area contributed by atoms with Gasteiger partial charge in [-0.25, -0.2) is 27.8 Å². The number of sulfonamides is 1. The second-order valence-corrected chi connectivity index (χ2v) is 10.6.